The van der Waals surface area contributed by atoms with Crippen molar-refractivity contribution in [3.63, 3.8) is 0 Å². The van der Waals surface area contributed by atoms with Crippen LogP contribution in [0.5, 0.6) is 5.75 Å². The molecule has 2 heterocycles. The molecule has 1 aliphatic heterocycles. The third kappa shape index (κ3) is 5.03. The number of aliphatic hydroxyl groups excluding tert-OH is 1. The van der Waals surface area contributed by atoms with Gasteiger partial charge in [-0.3, -0.25) is 14.6 Å². The fourth-order valence-corrected chi connectivity index (χ4v) is 4.50. The average Bonchev–Trinajstić information content (AvgIpc) is 3.12. The Bertz CT molecular complexity index is 1280. The molecule has 0 saturated carbocycles. The summed E-state index contributed by atoms with van der Waals surface area (Å²) in [6, 6.07) is 16.2. The van der Waals surface area contributed by atoms with Crippen LogP contribution in [-0.2, 0) is 16.1 Å². The maximum Gasteiger partial charge on any atom is 0.295 e. The van der Waals surface area contributed by atoms with Crippen molar-refractivity contribution in [2.45, 2.75) is 52.6 Å². The molecular formula is C30H32N2O4. The van der Waals surface area contributed by atoms with E-state index in [2.05, 4.69) is 18.8 Å². The first kappa shape index (κ1) is 25.2. The third-order valence-electron chi connectivity index (χ3n) is 6.46. The van der Waals surface area contributed by atoms with Gasteiger partial charge >= 0.3 is 0 Å². The van der Waals surface area contributed by atoms with Crippen LogP contribution in [0.25, 0.3) is 5.76 Å². The van der Waals surface area contributed by atoms with Crippen LogP contribution < -0.4 is 4.74 Å². The zero-order chi connectivity index (χ0) is 25.8. The number of pyridine rings is 1. The topological polar surface area (TPSA) is 79.7 Å². The Morgan fingerprint density at radius 2 is 1.86 bits per heavy atom. The number of amides is 1. The molecule has 1 aromatic heterocycles. The first-order chi connectivity index (χ1) is 17.3. The van der Waals surface area contributed by atoms with Crippen molar-refractivity contribution in [3.05, 3.63) is 100 Å². The molecule has 6 heteroatoms. The largest absolute Gasteiger partial charge is 0.507 e. The van der Waals surface area contributed by atoms with Crippen molar-refractivity contribution in [1.82, 2.24) is 9.88 Å². The second-order valence-electron chi connectivity index (χ2n) is 9.43. The van der Waals surface area contributed by atoms with E-state index >= 15 is 0 Å². The first-order valence-electron chi connectivity index (χ1n) is 12.3. The minimum atomic E-state index is -0.721. The maximum atomic E-state index is 13.3. The Labute approximate surface area is 212 Å². The molecule has 0 radical (unpaired) electrons. The summed E-state index contributed by atoms with van der Waals surface area (Å²) < 4.78 is 5.71. The highest BCUT2D eigenvalue weighted by Crippen LogP contribution is 2.41. The molecule has 36 heavy (non-hydrogen) atoms. The number of aryl methyl sites for hydroxylation is 1. The number of hydrogen-bond acceptors (Lipinski definition) is 5. The van der Waals surface area contributed by atoms with Gasteiger partial charge in [-0.1, -0.05) is 51.1 Å². The standard InChI is InChI=1S/C30H32N2O4/c1-5-15-36-24-12-13-25(20(4)16-24)28(33)26-27(23-10-8-22(9-11-23)19(2)3)32(30(35)29(26)34)18-21-7-6-14-31-17-21/h6-14,16-17,19,27,33H,5,15,18H2,1-4H3/b28-26+. The highest BCUT2D eigenvalue weighted by molar-refractivity contribution is 6.46. The molecule has 1 saturated heterocycles. The quantitative estimate of drug-likeness (QED) is 0.244. The van der Waals surface area contributed by atoms with Crippen molar-refractivity contribution in [2.75, 3.05) is 6.61 Å². The van der Waals surface area contributed by atoms with Crippen LogP contribution in [0.15, 0.2) is 72.6 Å². The van der Waals surface area contributed by atoms with E-state index in [-0.39, 0.29) is 17.9 Å². The monoisotopic (exact) mass is 484 g/mol. The van der Waals surface area contributed by atoms with E-state index in [0.29, 0.717) is 23.8 Å². The van der Waals surface area contributed by atoms with E-state index in [1.807, 2.05) is 50.2 Å². The number of likely N-dealkylation sites (tertiary alicyclic amines) is 1. The molecule has 1 atom stereocenters. The Balaban J connectivity index is 1.82. The molecule has 2 aromatic carbocycles. The van der Waals surface area contributed by atoms with Crippen LogP contribution in [0, 0.1) is 6.92 Å². The Morgan fingerprint density at radius 3 is 2.47 bits per heavy atom. The summed E-state index contributed by atoms with van der Waals surface area (Å²) in [5.41, 5.74) is 4.07. The van der Waals surface area contributed by atoms with Gasteiger partial charge in [0.2, 0.25) is 0 Å². The van der Waals surface area contributed by atoms with Crippen molar-refractivity contribution in [1.29, 1.82) is 0 Å². The number of benzene rings is 2. The molecule has 186 valence electrons. The zero-order valence-electron chi connectivity index (χ0n) is 21.2. The van der Waals surface area contributed by atoms with E-state index < -0.39 is 17.7 Å². The van der Waals surface area contributed by atoms with Gasteiger partial charge in [0.15, 0.2) is 0 Å². The summed E-state index contributed by atoms with van der Waals surface area (Å²) in [6.07, 6.45) is 4.23. The van der Waals surface area contributed by atoms with E-state index in [9.17, 15) is 14.7 Å². The summed E-state index contributed by atoms with van der Waals surface area (Å²) in [5.74, 6) is -0.473. The summed E-state index contributed by atoms with van der Waals surface area (Å²) in [6.45, 7) is 8.91. The molecule has 3 aromatic rings. The van der Waals surface area contributed by atoms with Gasteiger partial charge in [-0.25, -0.2) is 0 Å². The lowest BCUT2D eigenvalue weighted by molar-refractivity contribution is -0.140. The van der Waals surface area contributed by atoms with E-state index in [0.717, 1.165) is 28.7 Å². The highest BCUT2D eigenvalue weighted by Gasteiger charge is 2.46. The average molecular weight is 485 g/mol. The van der Waals surface area contributed by atoms with Crippen molar-refractivity contribution < 1.29 is 19.4 Å². The molecule has 1 fully saturated rings. The lowest BCUT2D eigenvalue weighted by Gasteiger charge is -2.26. The van der Waals surface area contributed by atoms with Gasteiger partial charge < -0.3 is 14.7 Å². The molecule has 4 rings (SSSR count). The molecule has 1 amide bonds. The van der Waals surface area contributed by atoms with Crippen LogP contribution in [0.2, 0.25) is 0 Å². The number of ketones is 1. The van der Waals surface area contributed by atoms with Crippen molar-refractivity contribution in [2.24, 2.45) is 0 Å². The number of hydrogen-bond donors (Lipinski definition) is 1. The molecule has 1 N–H and O–H groups in total. The van der Waals surface area contributed by atoms with Gasteiger partial charge in [-0.05, 0) is 65.8 Å². The predicted molar refractivity (Wildman–Crippen MR) is 140 cm³/mol. The summed E-state index contributed by atoms with van der Waals surface area (Å²) >= 11 is 0. The minimum absolute atomic E-state index is 0.0894. The normalized spacial score (nSPS) is 17.1. The fourth-order valence-electron chi connectivity index (χ4n) is 4.50. The maximum absolute atomic E-state index is 13.3. The number of aromatic nitrogens is 1. The van der Waals surface area contributed by atoms with Gasteiger partial charge in [0, 0.05) is 24.5 Å². The van der Waals surface area contributed by atoms with Gasteiger partial charge in [0.25, 0.3) is 11.7 Å². The Morgan fingerprint density at radius 1 is 1.11 bits per heavy atom. The SMILES string of the molecule is CCCOc1ccc(/C(O)=C2\C(=O)C(=O)N(Cc3cccnc3)C2c2ccc(C(C)C)cc2)c(C)c1. The molecule has 6 nitrogen and oxygen atoms in total. The smallest absolute Gasteiger partial charge is 0.295 e. The van der Waals surface area contributed by atoms with Crippen LogP contribution in [0.4, 0.5) is 0 Å². The summed E-state index contributed by atoms with van der Waals surface area (Å²) in [4.78, 5) is 32.3. The van der Waals surface area contributed by atoms with E-state index in [4.69, 9.17) is 4.74 Å². The fraction of sp³-hybridized carbons (Fsp3) is 0.300. The molecule has 1 unspecified atom stereocenters. The van der Waals surface area contributed by atoms with Crippen molar-refractivity contribution in [3.8, 4) is 5.75 Å². The lowest BCUT2D eigenvalue weighted by atomic mass is 9.92. The first-order valence-corrected chi connectivity index (χ1v) is 12.3. The molecule has 1 aliphatic rings. The van der Waals surface area contributed by atoms with Crippen LogP contribution in [0.3, 0.4) is 0 Å². The number of carbonyl (C=O) groups is 2. The Kier molecular flexibility index (Phi) is 7.53. The predicted octanol–water partition coefficient (Wildman–Crippen LogP) is 5.92. The molecule has 0 spiro atoms. The molecular weight excluding hydrogens is 452 g/mol. The number of ether oxygens (including phenoxy) is 1. The summed E-state index contributed by atoms with van der Waals surface area (Å²) in [5, 5.41) is 11.4. The zero-order valence-corrected chi connectivity index (χ0v) is 21.2. The van der Waals surface area contributed by atoms with Crippen LogP contribution in [0.1, 0.15) is 67.0 Å². The van der Waals surface area contributed by atoms with E-state index in [1.54, 1.807) is 30.6 Å². The summed E-state index contributed by atoms with van der Waals surface area (Å²) in [7, 11) is 0. The second kappa shape index (κ2) is 10.8. The lowest BCUT2D eigenvalue weighted by Crippen LogP contribution is -2.29. The second-order valence-corrected chi connectivity index (χ2v) is 9.43. The van der Waals surface area contributed by atoms with E-state index in [1.165, 1.54) is 4.90 Å². The highest BCUT2D eigenvalue weighted by atomic mass is 16.5. The van der Waals surface area contributed by atoms with Crippen LogP contribution in [-0.4, -0.2) is 33.3 Å². The van der Waals surface area contributed by atoms with Crippen molar-refractivity contribution >= 4 is 17.4 Å². The van der Waals surface area contributed by atoms with Gasteiger partial charge in [-0.2, -0.15) is 0 Å². The van der Waals surface area contributed by atoms with Gasteiger partial charge in [0.1, 0.15) is 11.5 Å². The molecule has 0 bridgehead atoms. The van der Waals surface area contributed by atoms with Gasteiger partial charge in [0.05, 0.1) is 18.2 Å². The van der Waals surface area contributed by atoms with Crippen LogP contribution >= 0.6 is 0 Å². The number of rotatable bonds is 8. The number of carbonyl (C=O) groups excluding carboxylic acids is 2. The van der Waals surface area contributed by atoms with Gasteiger partial charge in [-0.15, -0.1) is 0 Å². The minimum Gasteiger partial charge on any atom is -0.507 e. The number of Topliss-reactive ketones (excluding diaryl/α,β-unsaturated/α-hetero) is 1. The number of aliphatic hydroxyl groups is 1. The Hall–Kier alpha value is -3.93. The third-order valence-corrected chi connectivity index (χ3v) is 6.46. The molecule has 0 aliphatic carbocycles. The number of nitrogens with zero attached hydrogens (tertiary/aromatic N) is 2.